The van der Waals surface area contributed by atoms with Crippen LogP contribution in [0, 0.1) is 36.1 Å². The molecule has 1 unspecified atom stereocenters. The molecule has 0 saturated heterocycles. The number of hydrogen-bond donors (Lipinski definition) is 0. The van der Waals surface area contributed by atoms with Gasteiger partial charge >= 0.3 is 0 Å². The van der Waals surface area contributed by atoms with Crippen LogP contribution in [0.2, 0.25) is 0 Å². The van der Waals surface area contributed by atoms with E-state index in [-0.39, 0.29) is 12.4 Å². The molecule has 0 aliphatic carbocycles. The standard InChI is InChI=1S/C41H48F4O3/c1-4-46-37-26-21-34(40(44)41(37)45)20-13-32-16-24-36(25-17-32)48-28-8-6-10-29(2)9-5-7-27-47-35-22-14-31(15-23-35)12-19-33-18-11-30(3)38(42)39(33)43/h11,14-18,21-26,29H,4-10,12-13,19-20,27-28H2,1-3H3. The van der Waals surface area contributed by atoms with E-state index in [1.54, 1.807) is 32.0 Å². The summed E-state index contributed by atoms with van der Waals surface area (Å²) in [7, 11) is 0. The molecule has 0 fully saturated rings. The van der Waals surface area contributed by atoms with Crippen LogP contribution in [0.25, 0.3) is 0 Å². The van der Waals surface area contributed by atoms with E-state index in [9.17, 15) is 17.6 Å². The minimum Gasteiger partial charge on any atom is -0.494 e. The topological polar surface area (TPSA) is 27.7 Å². The maximum absolute atomic E-state index is 14.3. The van der Waals surface area contributed by atoms with Crippen molar-refractivity contribution in [1.82, 2.24) is 0 Å². The second kappa shape index (κ2) is 19.1. The summed E-state index contributed by atoms with van der Waals surface area (Å²) < 4.78 is 73.3. The van der Waals surface area contributed by atoms with Gasteiger partial charge in [-0.3, -0.25) is 0 Å². The van der Waals surface area contributed by atoms with E-state index >= 15 is 0 Å². The highest BCUT2D eigenvalue weighted by Gasteiger charge is 2.14. The van der Waals surface area contributed by atoms with Gasteiger partial charge in [-0.2, -0.15) is 4.39 Å². The van der Waals surface area contributed by atoms with E-state index in [2.05, 4.69) is 6.92 Å². The lowest BCUT2D eigenvalue weighted by atomic mass is 9.98. The van der Waals surface area contributed by atoms with Gasteiger partial charge in [0.05, 0.1) is 19.8 Å². The Balaban J connectivity index is 1.02. The van der Waals surface area contributed by atoms with Crippen molar-refractivity contribution < 1.29 is 31.8 Å². The van der Waals surface area contributed by atoms with Crippen LogP contribution in [0.4, 0.5) is 17.6 Å². The molecule has 0 amide bonds. The van der Waals surface area contributed by atoms with E-state index in [1.165, 1.54) is 6.07 Å². The number of ether oxygens (including phenoxy) is 3. The first-order chi connectivity index (χ1) is 23.2. The summed E-state index contributed by atoms with van der Waals surface area (Å²) in [6, 6.07) is 22.0. The molecule has 3 nitrogen and oxygen atoms in total. The summed E-state index contributed by atoms with van der Waals surface area (Å²) >= 11 is 0. The Hall–Kier alpha value is -4.00. The van der Waals surface area contributed by atoms with E-state index < -0.39 is 23.3 Å². The van der Waals surface area contributed by atoms with Crippen LogP contribution in [0.5, 0.6) is 17.2 Å². The predicted octanol–water partition coefficient (Wildman–Crippen LogP) is 11.0. The molecule has 0 saturated carbocycles. The Morgan fingerprint density at radius 1 is 0.521 bits per heavy atom. The van der Waals surface area contributed by atoms with Gasteiger partial charge < -0.3 is 14.2 Å². The molecule has 0 aliphatic heterocycles. The van der Waals surface area contributed by atoms with Crippen molar-refractivity contribution in [3.05, 3.63) is 124 Å². The summed E-state index contributed by atoms with van der Waals surface area (Å²) in [6.45, 7) is 7.22. The molecule has 0 radical (unpaired) electrons. The third-order valence-electron chi connectivity index (χ3n) is 8.71. The first-order valence-electron chi connectivity index (χ1n) is 17.2. The lowest BCUT2D eigenvalue weighted by molar-refractivity contribution is 0.290. The zero-order chi connectivity index (χ0) is 34.3. The van der Waals surface area contributed by atoms with Gasteiger partial charge in [0.1, 0.15) is 11.5 Å². The zero-order valence-corrected chi connectivity index (χ0v) is 28.4. The Kier molecular flexibility index (Phi) is 14.7. The maximum Gasteiger partial charge on any atom is 0.200 e. The van der Waals surface area contributed by atoms with E-state index in [0.29, 0.717) is 61.5 Å². The van der Waals surface area contributed by atoms with Gasteiger partial charge in [-0.15, -0.1) is 0 Å². The second-order valence-corrected chi connectivity index (χ2v) is 12.5. The molecule has 4 aromatic rings. The van der Waals surface area contributed by atoms with Crippen LogP contribution < -0.4 is 14.2 Å². The van der Waals surface area contributed by atoms with Gasteiger partial charge in [-0.1, -0.05) is 62.2 Å². The fraction of sp³-hybridized carbons (Fsp3) is 0.415. The van der Waals surface area contributed by atoms with Crippen LogP contribution in [-0.2, 0) is 25.7 Å². The fourth-order valence-electron chi connectivity index (χ4n) is 5.69. The first kappa shape index (κ1) is 36.8. The zero-order valence-electron chi connectivity index (χ0n) is 28.4. The van der Waals surface area contributed by atoms with Crippen molar-refractivity contribution in [3.8, 4) is 17.2 Å². The Morgan fingerprint density at radius 3 is 1.50 bits per heavy atom. The van der Waals surface area contributed by atoms with E-state index in [0.717, 1.165) is 61.2 Å². The highest BCUT2D eigenvalue weighted by molar-refractivity contribution is 5.33. The molecule has 7 heteroatoms. The number of halogens is 4. The number of benzene rings is 4. The van der Waals surface area contributed by atoms with Gasteiger partial charge in [0.2, 0.25) is 5.82 Å². The summed E-state index contributed by atoms with van der Waals surface area (Å²) in [4.78, 5) is 0. The van der Waals surface area contributed by atoms with Crippen LogP contribution >= 0.6 is 0 Å². The van der Waals surface area contributed by atoms with Crippen molar-refractivity contribution in [3.63, 3.8) is 0 Å². The number of unbranched alkanes of at least 4 members (excludes halogenated alkanes) is 2. The van der Waals surface area contributed by atoms with Gasteiger partial charge in [-0.25, -0.2) is 13.2 Å². The normalized spacial score (nSPS) is 11.8. The lowest BCUT2D eigenvalue weighted by Crippen LogP contribution is -2.02. The van der Waals surface area contributed by atoms with Crippen LogP contribution in [0.15, 0.2) is 72.8 Å². The van der Waals surface area contributed by atoms with E-state index in [1.807, 2.05) is 48.5 Å². The van der Waals surface area contributed by atoms with Gasteiger partial charge in [-0.05, 0) is 129 Å². The molecule has 48 heavy (non-hydrogen) atoms. The van der Waals surface area contributed by atoms with Crippen LogP contribution in [0.1, 0.15) is 80.2 Å². The Bertz CT molecular complexity index is 1550. The third kappa shape index (κ3) is 11.3. The average molecular weight is 665 g/mol. The lowest BCUT2D eigenvalue weighted by Gasteiger charge is -2.12. The van der Waals surface area contributed by atoms with E-state index in [4.69, 9.17) is 14.2 Å². The van der Waals surface area contributed by atoms with Crippen molar-refractivity contribution in [1.29, 1.82) is 0 Å². The Labute approximate surface area is 283 Å². The second-order valence-electron chi connectivity index (χ2n) is 12.5. The molecule has 0 bridgehead atoms. The predicted molar refractivity (Wildman–Crippen MR) is 184 cm³/mol. The Morgan fingerprint density at radius 2 is 1.00 bits per heavy atom. The molecule has 1 atom stereocenters. The number of aryl methyl sites for hydroxylation is 5. The minimum atomic E-state index is -0.926. The summed E-state index contributed by atoms with van der Waals surface area (Å²) in [6.07, 6.45) is 8.62. The quantitative estimate of drug-likeness (QED) is 0.0695. The first-order valence-corrected chi connectivity index (χ1v) is 17.2. The largest absolute Gasteiger partial charge is 0.494 e. The summed E-state index contributed by atoms with van der Waals surface area (Å²) in [5.41, 5.74) is 3.16. The molecule has 0 aromatic heterocycles. The van der Waals surface area contributed by atoms with Gasteiger partial charge in [0, 0.05) is 0 Å². The number of hydrogen-bond acceptors (Lipinski definition) is 3. The molecule has 0 spiro atoms. The molecule has 0 N–H and O–H groups in total. The smallest absolute Gasteiger partial charge is 0.200 e. The molecule has 0 heterocycles. The van der Waals surface area contributed by atoms with Crippen molar-refractivity contribution in [2.45, 2.75) is 85.0 Å². The monoisotopic (exact) mass is 664 g/mol. The van der Waals surface area contributed by atoms with Gasteiger partial charge in [0.15, 0.2) is 23.2 Å². The molecule has 0 aliphatic rings. The highest BCUT2D eigenvalue weighted by Crippen LogP contribution is 2.25. The third-order valence-corrected chi connectivity index (χ3v) is 8.71. The fourth-order valence-corrected chi connectivity index (χ4v) is 5.69. The summed E-state index contributed by atoms with van der Waals surface area (Å²) in [5.74, 6) is -1.04. The number of rotatable bonds is 20. The maximum atomic E-state index is 14.3. The highest BCUT2D eigenvalue weighted by atomic mass is 19.2. The van der Waals surface area contributed by atoms with Crippen LogP contribution in [0.3, 0.4) is 0 Å². The van der Waals surface area contributed by atoms with Crippen molar-refractivity contribution in [2.75, 3.05) is 19.8 Å². The molecular formula is C41H48F4O3. The molecular weight excluding hydrogens is 616 g/mol. The minimum absolute atomic E-state index is 0.0514. The summed E-state index contributed by atoms with van der Waals surface area (Å²) in [5, 5.41) is 0. The molecule has 4 rings (SSSR count). The van der Waals surface area contributed by atoms with Gasteiger partial charge in [0.25, 0.3) is 0 Å². The molecule has 4 aromatic carbocycles. The average Bonchev–Trinajstić information content (AvgIpc) is 3.09. The van der Waals surface area contributed by atoms with Crippen molar-refractivity contribution >= 4 is 0 Å². The van der Waals surface area contributed by atoms with Crippen LogP contribution in [-0.4, -0.2) is 19.8 Å². The molecule has 258 valence electrons. The SMILES string of the molecule is CCOc1ccc(CCc2ccc(OCCCCC(C)CCCCOc3ccc(CCc4ccc(C)c(F)c4F)cc3)cc2)c(F)c1F. The van der Waals surface area contributed by atoms with Crippen molar-refractivity contribution in [2.24, 2.45) is 5.92 Å².